The molecule has 8 nitrogen and oxygen atoms in total. The highest BCUT2D eigenvalue weighted by atomic mass is 79.9. The van der Waals surface area contributed by atoms with Crippen LogP contribution in [0.3, 0.4) is 0 Å². The minimum absolute atomic E-state index is 0.0460. The summed E-state index contributed by atoms with van der Waals surface area (Å²) in [5.74, 6) is -1.86. The van der Waals surface area contributed by atoms with Crippen molar-refractivity contribution in [2.45, 2.75) is 18.7 Å². The van der Waals surface area contributed by atoms with Crippen LogP contribution in [-0.2, 0) is 10.0 Å². The quantitative estimate of drug-likeness (QED) is 0.277. The molecule has 0 saturated heterocycles. The molecule has 0 aliphatic carbocycles. The maximum absolute atomic E-state index is 13.1. The highest BCUT2D eigenvalue weighted by Crippen LogP contribution is 2.28. The fraction of sp³-hybridized carbons (Fsp3) is 0.167. The zero-order chi connectivity index (χ0) is 25.8. The lowest BCUT2D eigenvalue weighted by Crippen LogP contribution is -2.21. The summed E-state index contributed by atoms with van der Waals surface area (Å²) in [6, 6.07) is 15.6. The van der Waals surface area contributed by atoms with Gasteiger partial charge in [-0.05, 0) is 90.4 Å². The van der Waals surface area contributed by atoms with Crippen LogP contribution in [0, 0.1) is 0 Å². The summed E-state index contributed by atoms with van der Waals surface area (Å²) >= 11 is 6.45. The zero-order valence-electron chi connectivity index (χ0n) is 18.9. The lowest BCUT2D eigenvalue weighted by molar-refractivity contribution is 0.0698. The number of carboxylic acids is 1. The van der Waals surface area contributed by atoms with Crippen LogP contribution in [0.5, 0.6) is 0 Å². The maximum Gasteiger partial charge on any atom is 0.337 e. The number of aromatic carboxylic acids is 1. The van der Waals surface area contributed by atoms with Crippen molar-refractivity contribution in [1.29, 1.82) is 0 Å². The van der Waals surface area contributed by atoms with E-state index in [0.717, 1.165) is 18.8 Å². The summed E-state index contributed by atoms with van der Waals surface area (Å²) in [6.07, 6.45) is 0. The molecule has 0 radical (unpaired) electrons. The first-order chi connectivity index (χ1) is 16.6. The average molecular weight is 625 g/mol. The molecule has 0 unspecified atom stereocenters. The molecule has 0 saturated carbocycles. The van der Waals surface area contributed by atoms with E-state index >= 15 is 0 Å². The number of rotatable bonds is 9. The second-order valence-corrected chi connectivity index (χ2v) is 10.8. The number of anilines is 3. The molecule has 11 heteroatoms. The highest BCUT2D eigenvalue weighted by Gasteiger charge is 2.21. The van der Waals surface area contributed by atoms with Gasteiger partial charge in [0.2, 0.25) is 0 Å². The Balaban J connectivity index is 1.86. The van der Waals surface area contributed by atoms with Crippen LogP contribution in [0.4, 0.5) is 17.1 Å². The van der Waals surface area contributed by atoms with Crippen LogP contribution in [-0.4, -0.2) is 38.5 Å². The summed E-state index contributed by atoms with van der Waals surface area (Å²) in [5.41, 5.74) is 1.39. The SMILES string of the molecule is CCN(CC)c1ccc(NS(=O)(=O)c2cc(C(=O)Nc3ccc(Br)cc3C(=O)O)ccc2Br)cc1. The van der Waals surface area contributed by atoms with Gasteiger partial charge in [0.1, 0.15) is 4.90 Å². The number of nitrogens with one attached hydrogen (secondary N) is 2. The lowest BCUT2D eigenvalue weighted by atomic mass is 10.1. The summed E-state index contributed by atoms with van der Waals surface area (Å²) < 4.78 is 29.6. The van der Waals surface area contributed by atoms with E-state index < -0.39 is 21.9 Å². The van der Waals surface area contributed by atoms with Gasteiger partial charge in [-0.1, -0.05) is 15.9 Å². The standard InChI is InChI=1S/C24H23Br2N3O5S/c1-3-29(4-2)18-9-7-17(8-10-18)28-35(33,34)22-13-15(5-11-20(22)26)23(30)27-21-12-6-16(25)14-19(21)24(31)32/h5-14,28H,3-4H2,1-2H3,(H,27,30)(H,31,32). The number of carboxylic acid groups (broad SMARTS) is 1. The fourth-order valence-electron chi connectivity index (χ4n) is 3.39. The smallest absolute Gasteiger partial charge is 0.337 e. The van der Waals surface area contributed by atoms with E-state index in [-0.39, 0.29) is 26.2 Å². The predicted molar refractivity (Wildman–Crippen MR) is 144 cm³/mol. The van der Waals surface area contributed by atoms with Crippen molar-refractivity contribution in [1.82, 2.24) is 0 Å². The maximum atomic E-state index is 13.1. The molecule has 0 heterocycles. The van der Waals surface area contributed by atoms with E-state index in [1.807, 2.05) is 26.0 Å². The predicted octanol–water partition coefficient (Wildman–Crippen LogP) is 5.81. The molecule has 0 fully saturated rings. The molecule has 0 bridgehead atoms. The van der Waals surface area contributed by atoms with E-state index in [1.165, 1.54) is 30.3 Å². The van der Waals surface area contributed by atoms with Crippen molar-refractivity contribution in [3.63, 3.8) is 0 Å². The Morgan fingerprint density at radius 2 is 1.60 bits per heavy atom. The second-order valence-electron chi connectivity index (χ2n) is 7.42. The summed E-state index contributed by atoms with van der Waals surface area (Å²) in [6.45, 7) is 5.75. The summed E-state index contributed by atoms with van der Waals surface area (Å²) in [5, 5.41) is 11.9. The van der Waals surface area contributed by atoms with Crippen LogP contribution < -0.4 is 14.9 Å². The average Bonchev–Trinajstić information content (AvgIpc) is 2.81. The number of nitrogens with zero attached hydrogens (tertiary/aromatic N) is 1. The molecule has 0 aromatic heterocycles. The van der Waals surface area contributed by atoms with Crippen molar-refractivity contribution in [2.24, 2.45) is 0 Å². The van der Waals surface area contributed by atoms with E-state index in [2.05, 4.69) is 46.8 Å². The molecule has 0 atom stereocenters. The largest absolute Gasteiger partial charge is 0.478 e. The van der Waals surface area contributed by atoms with Crippen molar-refractivity contribution in [3.05, 3.63) is 80.7 Å². The van der Waals surface area contributed by atoms with Gasteiger partial charge in [0, 0.05) is 39.0 Å². The lowest BCUT2D eigenvalue weighted by Gasteiger charge is -2.21. The Hall–Kier alpha value is -2.89. The summed E-state index contributed by atoms with van der Waals surface area (Å²) in [4.78, 5) is 26.4. The van der Waals surface area contributed by atoms with Gasteiger partial charge >= 0.3 is 5.97 Å². The van der Waals surface area contributed by atoms with E-state index in [0.29, 0.717) is 10.2 Å². The van der Waals surface area contributed by atoms with Crippen LogP contribution >= 0.6 is 31.9 Å². The number of benzene rings is 3. The fourth-order valence-corrected chi connectivity index (χ4v) is 5.80. The molecule has 0 spiro atoms. The molecule has 0 aliphatic rings. The van der Waals surface area contributed by atoms with Gasteiger partial charge in [0.25, 0.3) is 15.9 Å². The molecule has 184 valence electrons. The minimum atomic E-state index is -4.04. The van der Waals surface area contributed by atoms with Crippen molar-refractivity contribution in [2.75, 3.05) is 28.0 Å². The number of hydrogen-bond donors (Lipinski definition) is 3. The second kappa shape index (κ2) is 11.2. The number of carbonyl (C=O) groups excluding carboxylic acids is 1. The Morgan fingerprint density at radius 3 is 2.20 bits per heavy atom. The number of halogens is 2. The van der Waals surface area contributed by atoms with Gasteiger partial charge in [-0.2, -0.15) is 0 Å². The van der Waals surface area contributed by atoms with Crippen LogP contribution in [0.1, 0.15) is 34.6 Å². The van der Waals surface area contributed by atoms with Crippen molar-refractivity contribution < 1.29 is 23.1 Å². The van der Waals surface area contributed by atoms with E-state index in [4.69, 9.17) is 0 Å². The van der Waals surface area contributed by atoms with E-state index in [1.54, 1.807) is 18.2 Å². The molecule has 1 amide bonds. The van der Waals surface area contributed by atoms with Gasteiger partial charge in [-0.3, -0.25) is 9.52 Å². The van der Waals surface area contributed by atoms with Gasteiger partial charge in [-0.15, -0.1) is 0 Å². The molecule has 3 rings (SSSR count). The number of hydrogen-bond acceptors (Lipinski definition) is 5. The van der Waals surface area contributed by atoms with Gasteiger partial charge in [0.15, 0.2) is 0 Å². The third-order valence-electron chi connectivity index (χ3n) is 5.19. The molecule has 3 N–H and O–H groups in total. The van der Waals surface area contributed by atoms with Crippen LogP contribution in [0.2, 0.25) is 0 Å². The number of amides is 1. The first-order valence-electron chi connectivity index (χ1n) is 10.6. The van der Waals surface area contributed by atoms with Crippen molar-refractivity contribution >= 4 is 70.8 Å². The van der Waals surface area contributed by atoms with Gasteiger partial charge in [-0.25, -0.2) is 13.2 Å². The Kier molecular flexibility index (Phi) is 8.57. The van der Waals surface area contributed by atoms with E-state index in [9.17, 15) is 23.1 Å². The van der Waals surface area contributed by atoms with Crippen LogP contribution in [0.15, 0.2) is 74.5 Å². The monoisotopic (exact) mass is 623 g/mol. The molecular formula is C24H23Br2N3O5S. The Labute approximate surface area is 220 Å². The molecule has 3 aromatic rings. The third kappa shape index (κ3) is 6.41. The third-order valence-corrected chi connectivity index (χ3v) is 8.06. The zero-order valence-corrected chi connectivity index (χ0v) is 22.9. The molecule has 3 aromatic carbocycles. The number of carbonyl (C=O) groups is 2. The Morgan fingerprint density at radius 1 is 0.943 bits per heavy atom. The first-order valence-corrected chi connectivity index (χ1v) is 13.6. The molecule has 35 heavy (non-hydrogen) atoms. The van der Waals surface area contributed by atoms with Gasteiger partial charge in [0.05, 0.1) is 11.3 Å². The first kappa shape index (κ1) is 26.7. The molecule has 0 aliphatic heterocycles. The minimum Gasteiger partial charge on any atom is -0.478 e. The summed E-state index contributed by atoms with van der Waals surface area (Å²) in [7, 11) is -4.04. The molecular weight excluding hydrogens is 602 g/mol. The highest BCUT2D eigenvalue weighted by molar-refractivity contribution is 9.10. The van der Waals surface area contributed by atoms with Crippen LogP contribution in [0.25, 0.3) is 0 Å². The van der Waals surface area contributed by atoms with Gasteiger partial charge < -0.3 is 15.3 Å². The van der Waals surface area contributed by atoms with Crippen molar-refractivity contribution in [3.8, 4) is 0 Å². The normalized spacial score (nSPS) is 11.1. The topological polar surface area (TPSA) is 116 Å². The Bertz CT molecular complexity index is 1360. The number of sulfonamides is 1.